The largest absolute Gasteiger partial charge is 0.480 e. The van der Waals surface area contributed by atoms with Crippen LogP contribution >= 0.6 is 45.9 Å². The molecule has 3 rings (SSSR count). The van der Waals surface area contributed by atoms with E-state index in [0.717, 1.165) is 22.6 Å². The Kier molecular flexibility index (Phi) is 7.94. The lowest BCUT2D eigenvalue weighted by Gasteiger charge is -2.14. The van der Waals surface area contributed by atoms with Gasteiger partial charge in [0.2, 0.25) is 0 Å². The summed E-state index contributed by atoms with van der Waals surface area (Å²) < 4.78 is 0. The minimum atomic E-state index is -1.12. The molecule has 0 saturated carbocycles. The molecule has 0 spiro atoms. The maximum Gasteiger partial charge on any atom is 0.328 e. The molecule has 6 nitrogen and oxygen atoms in total. The van der Waals surface area contributed by atoms with Crippen molar-refractivity contribution in [1.82, 2.24) is 10.3 Å². The maximum absolute atomic E-state index is 12.2. The van der Waals surface area contributed by atoms with E-state index in [4.69, 9.17) is 23.2 Å². The molecule has 0 bridgehead atoms. The first kappa shape index (κ1) is 23.5. The second-order valence-electron chi connectivity index (χ2n) is 7.24. The number of anilines is 1. The third-order valence-electron chi connectivity index (χ3n) is 4.29. The van der Waals surface area contributed by atoms with E-state index in [1.807, 2.05) is 6.07 Å². The minimum Gasteiger partial charge on any atom is -0.480 e. The smallest absolute Gasteiger partial charge is 0.328 e. The Hall–Kier alpha value is -2.13. The monoisotopic (exact) mass is 497 g/mol. The standard InChI is InChI=1S/C21H21Cl2N3O3S2/c1-11(2)8-17-18(12-5-6-13(22)14(23)9-12)26-21(31-17)24-10-15(20(28)29)25-19(27)16-4-3-7-30-16/h3-7,9,11,15H,8,10H2,1-2H3,(H,24,26)(H,25,27)(H,28,29). The van der Waals surface area contributed by atoms with Gasteiger partial charge in [0.05, 0.1) is 20.6 Å². The van der Waals surface area contributed by atoms with Gasteiger partial charge in [0.15, 0.2) is 5.13 Å². The van der Waals surface area contributed by atoms with E-state index in [0.29, 0.717) is 26.0 Å². The van der Waals surface area contributed by atoms with Crippen molar-refractivity contribution in [2.75, 3.05) is 11.9 Å². The van der Waals surface area contributed by atoms with Crippen molar-refractivity contribution in [3.8, 4) is 11.3 Å². The third kappa shape index (κ3) is 6.20. The lowest BCUT2D eigenvalue weighted by molar-refractivity contribution is -0.138. The average Bonchev–Trinajstić information content (AvgIpc) is 3.37. The summed E-state index contributed by atoms with van der Waals surface area (Å²) in [6, 6.07) is 7.65. The predicted molar refractivity (Wildman–Crippen MR) is 128 cm³/mol. The van der Waals surface area contributed by atoms with Crippen LogP contribution in [0.2, 0.25) is 10.0 Å². The van der Waals surface area contributed by atoms with Crippen molar-refractivity contribution in [1.29, 1.82) is 0 Å². The Morgan fingerprint density at radius 1 is 1.19 bits per heavy atom. The molecule has 164 valence electrons. The predicted octanol–water partition coefficient (Wildman–Crippen LogP) is 5.67. The fourth-order valence-corrected chi connectivity index (χ4v) is 4.96. The Labute approximate surface area is 198 Å². The van der Waals surface area contributed by atoms with Gasteiger partial charge >= 0.3 is 5.97 Å². The van der Waals surface area contributed by atoms with E-state index in [1.165, 1.54) is 22.7 Å². The van der Waals surface area contributed by atoms with Crippen LogP contribution in [0.25, 0.3) is 11.3 Å². The third-order valence-corrected chi connectivity index (χ3v) is 6.93. The molecule has 0 radical (unpaired) electrons. The second kappa shape index (κ2) is 10.5. The summed E-state index contributed by atoms with van der Waals surface area (Å²) in [5.74, 6) is -1.13. The molecular formula is C21H21Cl2N3O3S2. The number of thiophene rings is 1. The highest BCUT2D eigenvalue weighted by molar-refractivity contribution is 7.16. The van der Waals surface area contributed by atoms with Crippen molar-refractivity contribution in [2.45, 2.75) is 26.3 Å². The van der Waals surface area contributed by atoms with Crippen LogP contribution < -0.4 is 10.6 Å². The summed E-state index contributed by atoms with van der Waals surface area (Å²) in [6.07, 6.45) is 0.812. The quantitative estimate of drug-likeness (QED) is 0.354. The van der Waals surface area contributed by atoms with Crippen LogP contribution in [-0.4, -0.2) is 34.6 Å². The lowest BCUT2D eigenvalue weighted by atomic mass is 10.0. The van der Waals surface area contributed by atoms with Crippen molar-refractivity contribution in [2.24, 2.45) is 5.92 Å². The van der Waals surface area contributed by atoms with Crippen LogP contribution in [0.1, 0.15) is 28.4 Å². The summed E-state index contributed by atoms with van der Waals surface area (Å²) in [6.45, 7) is 4.24. The van der Waals surface area contributed by atoms with Gasteiger partial charge in [0, 0.05) is 17.0 Å². The molecule has 0 aliphatic heterocycles. The first-order valence-electron chi connectivity index (χ1n) is 9.50. The number of hydrogen-bond donors (Lipinski definition) is 3. The maximum atomic E-state index is 12.2. The zero-order valence-electron chi connectivity index (χ0n) is 16.8. The van der Waals surface area contributed by atoms with Crippen molar-refractivity contribution in [3.63, 3.8) is 0 Å². The Balaban J connectivity index is 1.78. The molecule has 1 amide bonds. The first-order valence-corrected chi connectivity index (χ1v) is 12.0. The number of carboxylic acids is 1. The van der Waals surface area contributed by atoms with E-state index in [9.17, 15) is 14.7 Å². The number of thiazole rings is 1. The summed E-state index contributed by atoms with van der Waals surface area (Å²) in [4.78, 5) is 30.1. The number of halogens is 2. The summed E-state index contributed by atoms with van der Waals surface area (Å²) in [7, 11) is 0. The first-order chi connectivity index (χ1) is 14.7. The fourth-order valence-electron chi connectivity index (χ4n) is 2.83. The number of carbonyl (C=O) groups is 2. The Bertz CT molecular complexity index is 1070. The van der Waals surface area contributed by atoms with Gasteiger partial charge in [-0.15, -0.1) is 22.7 Å². The molecule has 2 aromatic heterocycles. The molecule has 0 aliphatic carbocycles. The molecule has 1 atom stereocenters. The summed E-state index contributed by atoms with van der Waals surface area (Å²) in [5, 5.41) is 18.4. The number of hydrogen-bond acceptors (Lipinski definition) is 6. The van der Waals surface area contributed by atoms with Gasteiger partial charge in [-0.05, 0) is 35.9 Å². The number of rotatable bonds is 9. The van der Waals surface area contributed by atoms with Crippen molar-refractivity contribution in [3.05, 3.63) is 55.5 Å². The molecule has 31 heavy (non-hydrogen) atoms. The zero-order valence-corrected chi connectivity index (χ0v) is 20.0. The minimum absolute atomic E-state index is 0.00188. The lowest BCUT2D eigenvalue weighted by Crippen LogP contribution is -2.45. The van der Waals surface area contributed by atoms with Crippen LogP contribution in [0.3, 0.4) is 0 Å². The van der Waals surface area contributed by atoms with Gasteiger partial charge in [-0.2, -0.15) is 0 Å². The van der Waals surface area contributed by atoms with Crippen LogP contribution in [0, 0.1) is 5.92 Å². The number of nitrogens with zero attached hydrogens (tertiary/aromatic N) is 1. The number of aromatic nitrogens is 1. The molecule has 0 aliphatic rings. The molecule has 3 aromatic rings. The number of amides is 1. The summed E-state index contributed by atoms with van der Waals surface area (Å²) in [5.41, 5.74) is 1.63. The van der Waals surface area contributed by atoms with Gasteiger partial charge in [-0.3, -0.25) is 4.79 Å². The van der Waals surface area contributed by atoms with Crippen LogP contribution in [0.5, 0.6) is 0 Å². The number of benzene rings is 1. The van der Waals surface area contributed by atoms with E-state index >= 15 is 0 Å². The fraction of sp³-hybridized carbons (Fsp3) is 0.286. The Morgan fingerprint density at radius 3 is 2.58 bits per heavy atom. The summed E-state index contributed by atoms with van der Waals surface area (Å²) >= 11 is 14.9. The highest BCUT2D eigenvalue weighted by atomic mass is 35.5. The zero-order chi connectivity index (χ0) is 22.5. The Morgan fingerprint density at radius 2 is 1.97 bits per heavy atom. The second-order valence-corrected chi connectivity index (χ2v) is 10.1. The molecule has 0 saturated heterocycles. The highest BCUT2D eigenvalue weighted by Crippen LogP contribution is 2.35. The van der Waals surface area contributed by atoms with Crippen LogP contribution in [-0.2, 0) is 11.2 Å². The number of aliphatic carboxylic acids is 1. The van der Waals surface area contributed by atoms with E-state index < -0.39 is 17.9 Å². The van der Waals surface area contributed by atoms with Gasteiger partial charge in [-0.1, -0.05) is 49.2 Å². The van der Waals surface area contributed by atoms with E-state index in [2.05, 4.69) is 29.5 Å². The number of carbonyl (C=O) groups excluding carboxylic acids is 1. The van der Waals surface area contributed by atoms with Gasteiger partial charge in [0.25, 0.3) is 5.91 Å². The molecule has 3 N–H and O–H groups in total. The number of carboxylic acid groups (broad SMARTS) is 1. The molecule has 1 unspecified atom stereocenters. The van der Waals surface area contributed by atoms with Gasteiger partial charge in [-0.25, -0.2) is 9.78 Å². The van der Waals surface area contributed by atoms with E-state index in [1.54, 1.807) is 29.6 Å². The van der Waals surface area contributed by atoms with Gasteiger partial charge in [0.1, 0.15) is 6.04 Å². The number of nitrogens with one attached hydrogen (secondary N) is 2. The van der Waals surface area contributed by atoms with Crippen LogP contribution in [0.4, 0.5) is 5.13 Å². The van der Waals surface area contributed by atoms with Crippen LogP contribution in [0.15, 0.2) is 35.7 Å². The molecule has 10 heteroatoms. The topological polar surface area (TPSA) is 91.3 Å². The molecular weight excluding hydrogens is 477 g/mol. The van der Waals surface area contributed by atoms with Crippen molar-refractivity contribution >= 4 is 62.9 Å². The molecule has 2 heterocycles. The van der Waals surface area contributed by atoms with E-state index in [-0.39, 0.29) is 6.54 Å². The highest BCUT2D eigenvalue weighted by Gasteiger charge is 2.22. The normalized spacial score (nSPS) is 12.0. The van der Waals surface area contributed by atoms with Gasteiger partial charge < -0.3 is 15.7 Å². The SMILES string of the molecule is CC(C)Cc1sc(NCC(NC(=O)c2cccs2)C(=O)O)nc1-c1ccc(Cl)c(Cl)c1. The average molecular weight is 498 g/mol. The van der Waals surface area contributed by atoms with Crippen molar-refractivity contribution < 1.29 is 14.7 Å². The molecule has 0 fully saturated rings. The molecule has 1 aromatic carbocycles.